The van der Waals surface area contributed by atoms with Crippen LogP contribution in [0.25, 0.3) is 0 Å². The van der Waals surface area contributed by atoms with E-state index in [9.17, 15) is 9.59 Å². The standard InChI is InChI=1S/C20H24ClN3O2.ClH/c1-2-24(14-15-7-4-3-5-8-15)20(26)17-13-16(10-11-18(17)21)23-19(25)9-6-12-22;/h3-5,7-8,10-11,13H,2,6,9,12,14,22H2,1H3,(H,23,25);1H. The average Bonchev–Trinajstić information content (AvgIpc) is 2.66. The van der Waals surface area contributed by atoms with Gasteiger partial charge >= 0.3 is 0 Å². The Morgan fingerprint density at radius 3 is 2.48 bits per heavy atom. The van der Waals surface area contributed by atoms with Crippen LogP contribution in [0.4, 0.5) is 5.69 Å². The van der Waals surface area contributed by atoms with Gasteiger partial charge in [0.2, 0.25) is 5.91 Å². The van der Waals surface area contributed by atoms with Crippen molar-refractivity contribution in [3.05, 3.63) is 64.7 Å². The van der Waals surface area contributed by atoms with E-state index in [0.29, 0.717) is 48.7 Å². The van der Waals surface area contributed by atoms with Crippen molar-refractivity contribution in [2.24, 2.45) is 5.73 Å². The number of nitrogens with two attached hydrogens (primary N) is 1. The molecule has 0 saturated carbocycles. The lowest BCUT2D eigenvalue weighted by atomic mass is 10.1. The van der Waals surface area contributed by atoms with Crippen LogP contribution in [0, 0.1) is 0 Å². The van der Waals surface area contributed by atoms with Gasteiger partial charge in [0.15, 0.2) is 0 Å². The van der Waals surface area contributed by atoms with Gasteiger partial charge in [0, 0.05) is 25.2 Å². The van der Waals surface area contributed by atoms with Gasteiger partial charge in [-0.05, 0) is 43.7 Å². The first kappa shape index (κ1) is 23.0. The van der Waals surface area contributed by atoms with Crippen molar-refractivity contribution in [1.29, 1.82) is 0 Å². The number of nitrogens with one attached hydrogen (secondary N) is 1. The van der Waals surface area contributed by atoms with Crippen LogP contribution in [0.3, 0.4) is 0 Å². The van der Waals surface area contributed by atoms with E-state index in [1.165, 1.54) is 0 Å². The smallest absolute Gasteiger partial charge is 0.255 e. The fourth-order valence-corrected chi connectivity index (χ4v) is 2.75. The first-order chi connectivity index (χ1) is 12.5. The van der Waals surface area contributed by atoms with E-state index in [-0.39, 0.29) is 24.2 Å². The summed E-state index contributed by atoms with van der Waals surface area (Å²) in [6, 6.07) is 14.7. The summed E-state index contributed by atoms with van der Waals surface area (Å²) < 4.78 is 0. The molecule has 3 N–H and O–H groups in total. The number of halogens is 2. The summed E-state index contributed by atoms with van der Waals surface area (Å²) >= 11 is 6.24. The normalized spacial score (nSPS) is 10.0. The molecule has 0 heterocycles. The molecule has 2 rings (SSSR count). The molecule has 2 amide bonds. The summed E-state index contributed by atoms with van der Waals surface area (Å²) in [5.74, 6) is -0.299. The summed E-state index contributed by atoms with van der Waals surface area (Å²) in [7, 11) is 0. The van der Waals surface area contributed by atoms with Gasteiger partial charge in [-0.15, -0.1) is 12.4 Å². The van der Waals surface area contributed by atoms with E-state index < -0.39 is 0 Å². The van der Waals surface area contributed by atoms with Crippen molar-refractivity contribution >= 4 is 41.5 Å². The lowest BCUT2D eigenvalue weighted by molar-refractivity contribution is -0.116. The number of hydrogen-bond donors (Lipinski definition) is 2. The molecule has 2 aromatic rings. The first-order valence-electron chi connectivity index (χ1n) is 8.67. The predicted octanol–water partition coefficient (Wildman–Crippen LogP) is 4.10. The molecule has 146 valence electrons. The lowest BCUT2D eigenvalue weighted by Gasteiger charge is -2.22. The van der Waals surface area contributed by atoms with E-state index in [1.807, 2.05) is 37.3 Å². The van der Waals surface area contributed by atoms with Crippen LogP contribution < -0.4 is 11.1 Å². The highest BCUT2D eigenvalue weighted by molar-refractivity contribution is 6.34. The number of amides is 2. The van der Waals surface area contributed by atoms with E-state index in [4.69, 9.17) is 17.3 Å². The number of anilines is 1. The third-order valence-electron chi connectivity index (χ3n) is 3.97. The maximum absolute atomic E-state index is 12.9. The van der Waals surface area contributed by atoms with Crippen LogP contribution in [0.1, 0.15) is 35.7 Å². The lowest BCUT2D eigenvalue weighted by Crippen LogP contribution is -2.30. The molecule has 0 aliphatic rings. The minimum absolute atomic E-state index is 0. The molecule has 0 aliphatic heterocycles. The summed E-state index contributed by atoms with van der Waals surface area (Å²) in [5.41, 5.74) is 7.39. The number of benzene rings is 2. The van der Waals surface area contributed by atoms with Gasteiger partial charge in [-0.25, -0.2) is 0 Å². The average molecular weight is 410 g/mol. The van der Waals surface area contributed by atoms with Crippen LogP contribution >= 0.6 is 24.0 Å². The van der Waals surface area contributed by atoms with Gasteiger partial charge in [-0.1, -0.05) is 41.9 Å². The molecule has 0 saturated heterocycles. The third-order valence-corrected chi connectivity index (χ3v) is 4.30. The number of hydrogen-bond acceptors (Lipinski definition) is 3. The number of carbonyl (C=O) groups excluding carboxylic acids is 2. The van der Waals surface area contributed by atoms with Crippen LogP contribution in [0.5, 0.6) is 0 Å². The van der Waals surface area contributed by atoms with E-state index in [2.05, 4.69) is 5.32 Å². The van der Waals surface area contributed by atoms with Gasteiger partial charge < -0.3 is 16.0 Å². The van der Waals surface area contributed by atoms with Crippen molar-refractivity contribution in [3.8, 4) is 0 Å². The quantitative estimate of drug-likeness (QED) is 0.688. The molecule has 0 fully saturated rings. The molecule has 0 unspecified atom stereocenters. The monoisotopic (exact) mass is 409 g/mol. The Balaban J connectivity index is 0.00000364. The largest absolute Gasteiger partial charge is 0.335 e. The predicted molar refractivity (Wildman–Crippen MR) is 112 cm³/mol. The molecule has 0 radical (unpaired) electrons. The fourth-order valence-electron chi connectivity index (χ4n) is 2.55. The Morgan fingerprint density at radius 2 is 1.85 bits per heavy atom. The van der Waals surface area contributed by atoms with Crippen LogP contribution in [0.2, 0.25) is 5.02 Å². The van der Waals surface area contributed by atoms with Gasteiger partial charge in [0.1, 0.15) is 0 Å². The van der Waals surface area contributed by atoms with Crippen molar-refractivity contribution in [1.82, 2.24) is 4.90 Å². The van der Waals surface area contributed by atoms with Crippen molar-refractivity contribution < 1.29 is 9.59 Å². The summed E-state index contributed by atoms with van der Waals surface area (Å²) in [6.07, 6.45) is 0.962. The number of nitrogens with zero attached hydrogens (tertiary/aromatic N) is 1. The van der Waals surface area contributed by atoms with Crippen LogP contribution in [0.15, 0.2) is 48.5 Å². The Bertz CT molecular complexity index is 754. The highest BCUT2D eigenvalue weighted by atomic mass is 35.5. The molecule has 0 aliphatic carbocycles. The summed E-state index contributed by atoms with van der Waals surface area (Å²) in [5, 5.41) is 3.14. The molecule has 0 atom stereocenters. The molecule has 27 heavy (non-hydrogen) atoms. The summed E-state index contributed by atoms with van der Waals surface area (Å²) in [4.78, 5) is 26.5. The molecule has 2 aromatic carbocycles. The topological polar surface area (TPSA) is 75.4 Å². The van der Waals surface area contributed by atoms with Gasteiger partial charge in [-0.3, -0.25) is 9.59 Å². The fraction of sp³-hybridized carbons (Fsp3) is 0.300. The second-order valence-electron chi connectivity index (χ2n) is 5.94. The second-order valence-corrected chi connectivity index (χ2v) is 6.35. The van der Waals surface area contributed by atoms with Crippen molar-refractivity contribution in [2.75, 3.05) is 18.4 Å². The van der Waals surface area contributed by atoms with E-state index in [0.717, 1.165) is 5.56 Å². The zero-order chi connectivity index (χ0) is 18.9. The zero-order valence-corrected chi connectivity index (χ0v) is 16.9. The molecule has 0 aromatic heterocycles. The summed E-state index contributed by atoms with van der Waals surface area (Å²) in [6.45, 7) is 3.44. The highest BCUT2D eigenvalue weighted by Gasteiger charge is 2.18. The maximum atomic E-state index is 12.9. The third kappa shape index (κ3) is 6.86. The molecule has 7 heteroatoms. The van der Waals surface area contributed by atoms with Gasteiger partial charge in [-0.2, -0.15) is 0 Å². The minimum atomic E-state index is -0.167. The van der Waals surface area contributed by atoms with Crippen molar-refractivity contribution in [3.63, 3.8) is 0 Å². The van der Waals surface area contributed by atoms with E-state index in [1.54, 1.807) is 23.1 Å². The number of rotatable bonds is 8. The molecule has 5 nitrogen and oxygen atoms in total. The Labute approximate surface area is 171 Å². The minimum Gasteiger partial charge on any atom is -0.335 e. The van der Waals surface area contributed by atoms with Crippen LogP contribution in [-0.2, 0) is 11.3 Å². The van der Waals surface area contributed by atoms with Gasteiger partial charge in [0.05, 0.1) is 10.6 Å². The molecule has 0 bridgehead atoms. The van der Waals surface area contributed by atoms with Crippen LogP contribution in [-0.4, -0.2) is 29.8 Å². The van der Waals surface area contributed by atoms with E-state index >= 15 is 0 Å². The Morgan fingerprint density at radius 1 is 1.15 bits per heavy atom. The molecule has 0 spiro atoms. The SMILES string of the molecule is CCN(Cc1ccccc1)C(=O)c1cc(NC(=O)CCCN)ccc1Cl.Cl. The molecular weight excluding hydrogens is 385 g/mol. The van der Waals surface area contributed by atoms with Gasteiger partial charge in [0.25, 0.3) is 5.91 Å². The maximum Gasteiger partial charge on any atom is 0.255 e. The molecular formula is C20H25Cl2N3O2. The first-order valence-corrected chi connectivity index (χ1v) is 9.05. The van der Waals surface area contributed by atoms with Crippen molar-refractivity contribution in [2.45, 2.75) is 26.3 Å². The Kier molecular flexibility index (Phi) is 9.86. The number of carbonyl (C=O) groups is 2. The second kappa shape index (κ2) is 11.6. The highest BCUT2D eigenvalue weighted by Crippen LogP contribution is 2.23. The Hall–Kier alpha value is -2.08. The zero-order valence-electron chi connectivity index (χ0n) is 15.3.